The Hall–Kier alpha value is -2.23. The fraction of sp³-hybridized carbons (Fsp3) is 0.321. The predicted octanol–water partition coefficient (Wildman–Crippen LogP) is 2.06. The first-order chi connectivity index (χ1) is 15.7. The predicted molar refractivity (Wildman–Crippen MR) is 137 cm³/mol. The maximum atomic E-state index is 14.5. The molecule has 1 N–H and O–H groups in total. The zero-order valence-corrected chi connectivity index (χ0v) is 21.9. The molecule has 0 atom stereocenters. The lowest BCUT2D eigenvalue weighted by Crippen LogP contribution is -3.00. The van der Waals surface area contributed by atoms with Crippen LogP contribution < -0.4 is 33.6 Å². The summed E-state index contributed by atoms with van der Waals surface area (Å²) in [7, 11) is -2.65. The average molecular weight is 496 g/mol. The smallest absolute Gasteiger partial charge is 0.375 e. The van der Waals surface area contributed by atoms with Crippen LogP contribution in [0.15, 0.2) is 91.0 Å². The standard InChI is InChI=1S/C28H32N2O2P.ClH/c1-27(2)20-22(21-28(3,4)30(27)32)29-26(31)33(23-14-8-5-9-15-23,24-16-10-6-11-17-24)25-18-12-7-13-19-25;/h5-19,22H,20-21H2,1-4H3;1H. The highest BCUT2D eigenvalue weighted by Crippen LogP contribution is 2.56. The number of hydrogen-bond acceptors (Lipinski definition) is 2. The lowest BCUT2D eigenvalue weighted by Gasteiger charge is -2.50. The van der Waals surface area contributed by atoms with Gasteiger partial charge >= 0.3 is 5.65 Å². The van der Waals surface area contributed by atoms with Gasteiger partial charge in [-0.25, -0.2) is 4.79 Å². The molecule has 1 aliphatic rings. The van der Waals surface area contributed by atoms with E-state index >= 15 is 0 Å². The topological polar surface area (TPSA) is 52.2 Å². The molecule has 1 amide bonds. The van der Waals surface area contributed by atoms with Crippen LogP contribution in [0.5, 0.6) is 0 Å². The van der Waals surface area contributed by atoms with E-state index in [0.29, 0.717) is 12.8 Å². The van der Waals surface area contributed by atoms with Crippen LogP contribution in [0.4, 0.5) is 4.79 Å². The van der Waals surface area contributed by atoms with Crippen molar-refractivity contribution in [3.63, 3.8) is 0 Å². The fourth-order valence-corrected chi connectivity index (χ4v) is 9.22. The maximum Gasteiger partial charge on any atom is 0.375 e. The Morgan fingerprint density at radius 1 is 0.735 bits per heavy atom. The molecular weight excluding hydrogens is 463 g/mol. The van der Waals surface area contributed by atoms with Gasteiger partial charge in [-0.2, -0.15) is 0 Å². The van der Waals surface area contributed by atoms with Gasteiger partial charge in [0.1, 0.15) is 15.9 Å². The van der Waals surface area contributed by atoms with Crippen LogP contribution >= 0.6 is 7.26 Å². The number of nitrogens with zero attached hydrogens (tertiary/aromatic N) is 1. The number of nitrogens with one attached hydrogen (secondary N) is 1. The molecule has 0 aromatic heterocycles. The van der Waals surface area contributed by atoms with Gasteiger partial charge in [0.15, 0.2) is 0 Å². The zero-order chi connectivity index (χ0) is 23.7. The van der Waals surface area contributed by atoms with Crippen LogP contribution in [0.3, 0.4) is 0 Å². The number of rotatable bonds is 5. The van der Waals surface area contributed by atoms with Gasteiger partial charge in [-0.1, -0.05) is 54.6 Å². The van der Waals surface area contributed by atoms with E-state index in [-0.39, 0.29) is 24.1 Å². The first-order valence-electron chi connectivity index (χ1n) is 11.5. The summed E-state index contributed by atoms with van der Waals surface area (Å²) in [5, 5.41) is 20.6. The summed E-state index contributed by atoms with van der Waals surface area (Å²) in [5.41, 5.74) is -1.05. The van der Waals surface area contributed by atoms with E-state index in [0.717, 1.165) is 15.9 Å². The summed E-state index contributed by atoms with van der Waals surface area (Å²) in [4.78, 5) is 14.5. The first-order valence-corrected chi connectivity index (χ1v) is 13.3. The Morgan fingerprint density at radius 3 is 1.38 bits per heavy atom. The third-order valence-electron chi connectivity index (χ3n) is 6.65. The Kier molecular flexibility index (Phi) is 7.89. The highest BCUT2D eigenvalue weighted by molar-refractivity contribution is 8.08. The van der Waals surface area contributed by atoms with Crippen molar-refractivity contribution in [1.82, 2.24) is 10.4 Å². The second kappa shape index (κ2) is 10.2. The Bertz CT molecular complexity index is 976. The van der Waals surface area contributed by atoms with Gasteiger partial charge in [0.2, 0.25) is 7.26 Å². The molecule has 1 saturated heterocycles. The van der Waals surface area contributed by atoms with E-state index in [4.69, 9.17) is 0 Å². The van der Waals surface area contributed by atoms with Crippen LogP contribution in [0.2, 0.25) is 0 Å². The van der Waals surface area contributed by atoms with Gasteiger partial charge in [-0.05, 0) is 76.9 Å². The Morgan fingerprint density at radius 2 is 1.06 bits per heavy atom. The lowest BCUT2D eigenvalue weighted by atomic mass is 9.79. The van der Waals surface area contributed by atoms with E-state index in [1.807, 2.05) is 82.3 Å². The second-order valence-electron chi connectivity index (χ2n) is 10.2. The average Bonchev–Trinajstić information content (AvgIpc) is 2.80. The molecule has 179 valence electrons. The molecule has 0 unspecified atom stereocenters. The molecular formula is C28H33ClN2O2P. The fourth-order valence-electron chi connectivity index (χ4n) is 5.39. The number of hydrogen-bond donors (Lipinski definition) is 1. The normalized spacial score (nSPS) is 18.0. The minimum absolute atomic E-state index is 0. The SMILES string of the molecule is CC1(C)CC(NC(=O)[P+](c2ccccc2)(c2ccccc2)c2ccccc2)CC(C)(C)N1[O].[Cl-]. The van der Waals surface area contributed by atoms with Gasteiger partial charge in [0.25, 0.3) is 0 Å². The molecule has 34 heavy (non-hydrogen) atoms. The van der Waals surface area contributed by atoms with Gasteiger partial charge in [-0.15, -0.1) is 10.3 Å². The van der Waals surface area contributed by atoms with Crippen molar-refractivity contribution >= 4 is 28.8 Å². The number of carbonyl (C=O) groups excluding carboxylic acids is 1. The van der Waals surface area contributed by atoms with Crippen molar-refractivity contribution in [1.29, 1.82) is 0 Å². The van der Waals surface area contributed by atoms with Crippen LogP contribution in [0.1, 0.15) is 40.5 Å². The number of carbonyl (C=O) groups is 1. The third-order valence-corrected chi connectivity index (χ3v) is 10.6. The van der Waals surface area contributed by atoms with Crippen molar-refractivity contribution in [2.45, 2.75) is 57.7 Å². The Balaban J connectivity index is 0.00000324. The molecule has 1 heterocycles. The summed E-state index contributed by atoms with van der Waals surface area (Å²) < 4.78 is 0. The van der Waals surface area contributed by atoms with Crippen molar-refractivity contribution in [2.75, 3.05) is 0 Å². The van der Waals surface area contributed by atoms with Crippen molar-refractivity contribution in [3.05, 3.63) is 91.0 Å². The highest BCUT2D eigenvalue weighted by Gasteiger charge is 2.55. The monoisotopic (exact) mass is 495 g/mol. The maximum absolute atomic E-state index is 14.5. The lowest BCUT2D eigenvalue weighted by molar-refractivity contribution is -0.289. The number of amides is 1. The van der Waals surface area contributed by atoms with E-state index in [1.54, 1.807) is 0 Å². The number of halogens is 1. The molecule has 3 aromatic rings. The number of hydroxylamine groups is 2. The third kappa shape index (κ3) is 4.78. The van der Waals surface area contributed by atoms with Crippen molar-refractivity contribution < 1.29 is 22.4 Å². The molecule has 0 saturated carbocycles. The van der Waals surface area contributed by atoms with Gasteiger partial charge in [0.05, 0.1) is 0 Å². The molecule has 6 heteroatoms. The molecule has 4 rings (SSSR count). The molecule has 1 fully saturated rings. The summed E-state index contributed by atoms with van der Waals surface area (Å²) in [6, 6.07) is 30.3. The van der Waals surface area contributed by atoms with E-state index < -0.39 is 18.3 Å². The van der Waals surface area contributed by atoms with Crippen LogP contribution in [0.25, 0.3) is 0 Å². The molecule has 4 nitrogen and oxygen atoms in total. The van der Waals surface area contributed by atoms with Crippen LogP contribution in [0, 0.1) is 0 Å². The summed E-state index contributed by atoms with van der Waals surface area (Å²) in [6.45, 7) is 7.87. The van der Waals surface area contributed by atoms with Gasteiger partial charge < -0.3 is 17.7 Å². The van der Waals surface area contributed by atoms with Crippen LogP contribution in [-0.2, 0) is 5.21 Å². The van der Waals surface area contributed by atoms with Crippen molar-refractivity contribution in [3.8, 4) is 0 Å². The van der Waals surface area contributed by atoms with E-state index in [1.165, 1.54) is 5.06 Å². The van der Waals surface area contributed by atoms with Crippen molar-refractivity contribution in [2.24, 2.45) is 0 Å². The van der Waals surface area contributed by atoms with Gasteiger partial charge in [-0.3, -0.25) is 0 Å². The highest BCUT2D eigenvalue weighted by atomic mass is 35.5. The zero-order valence-electron chi connectivity index (χ0n) is 20.2. The summed E-state index contributed by atoms with van der Waals surface area (Å²) in [5.74, 6) is 0. The molecule has 0 aliphatic carbocycles. The molecule has 1 aliphatic heterocycles. The summed E-state index contributed by atoms with van der Waals surface area (Å²) >= 11 is 0. The minimum atomic E-state index is -2.65. The number of piperidine rings is 1. The molecule has 3 aromatic carbocycles. The van der Waals surface area contributed by atoms with E-state index in [9.17, 15) is 10.0 Å². The minimum Gasteiger partial charge on any atom is -1.00 e. The largest absolute Gasteiger partial charge is 1.00 e. The summed E-state index contributed by atoms with van der Waals surface area (Å²) in [6.07, 6.45) is 1.23. The van der Waals surface area contributed by atoms with Crippen LogP contribution in [-0.4, -0.2) is 27.8 Å². The first kappa shape index (κ1) is 26.4. The number of benzene rings is 3. The quantitative estimate of drug-likeness (QED) is 0.551. The Labute approximate surface area is 210 Å². The second-order valence-corrected chi connectivity index (χ2v) is 13.4. The molecule has 0 bridgehead atoms. The molecule has 0 spiro atoms. The van der Waals surface area contributed by atoms with E-state index in [2.05, 4.69) is 41.7 Å². The van der Waals surface area contributed by atoms with Gasteiger partial charge in [0, 0.05) is 17.1 Å². The molecule has 1 radical (unpaired) electrons.